The second-order valence-corrected chi connectivity index (χ2v) is 4.86. The topological polar surface area (TPSA) is 46.5 Å². The molecule has 0 aliphatic carbocycles. The lowest BCUT2D eigenvalue weighted by atomic mass is 10.1. The molecule has 0 bridgehead atoms. The second kappa shape index (κ2) is 3.70. The van der Waals surface area contributed by atoms with Crippen molar-refractivity contribution in [3.63, 3.8) is 0 Å². The van der Waals surface area contributed by atoms with Gasteiger partial charge in [-0.2, -0.15) is 5.10 Å². The fourth-order valence-electron chi connectivity index (χ4n) is 2.27. The van der Waals surface area contributed by atoms with E-state index in [1.165, 1.54) is 11.1 Å². The van der Waals surface area contributed by atoms with E-state index in [1.54, 1.807) is 0 Å². The Morgan fingerprint density at radius 2 is 1.89 bits per heavy atom. The monoisotopic (exact) mass is 240 g/mol. The quantitative estimate of drug-likeness (QED) is 0.711. The molecule has 2 aromatic heterocycles. The van der Waals surface area contributed by atoms with Gasteiger partial charge >= 0.3 is 0 Å². The van der Waals surface area contributed by atoms with Crippen LogP contribution in [0.1, 0.15) is 16.8 Å². The van der Waals surface area contributed by atoms with Crippen molar-refractivity contribution in [3.05, 3.63) is 35.0 Å². The first-order valence-electron chi connectivity index (χ1n) is 6.02. The third kappa shape index (κ3) is 1.61. The Labute approximate surface area is 106 Å². The molecular formula is C14H16N4. The SMILES string of the molecule is Cc1cc(C)c2nc(-c3cc(C)n(C)n3)[nH]c2c1. The van der Waals surface area contributed by atoms with Crippen LogP contribution in [-0.2, 0) is 7.05 Å². The summed E-state index contributed by atoms with van der Waals surface area (Å²) in [7, 11) is 1.94. The molecule has 0 saturated heterocycles. The Balaban J connectivity index is 2.22. The Kier molecular flexibility index (Phi) is 2.26. The number of aromatic nitrogens is 4. The molecule has 0 amide bonds. The molecule has 4 nitrogen and oxygen atoms in total. The molecule has 2 heterocycles. The van der Waals surface area contributed by atoms with Crippen LogP contribution in [0.15, 0.2) is 18.2 Å². The van der Waals surface area contributed by atoms with E-state index < -0.39 is 0 Å². The van der Waals surface area contributed by atoms with Gasteiger partial charge in [-0.1, -0.05) is 6.07 Å². The summed E-state index contributed by atoms with van der Waals surface area (Å²) >= 11 is 0. The predicted molar refractivity (Wildman–Crippen MR) is 72.5 cm³/mol. The Hall–Kier alpha value is -2.10. The molecule has 0 spiro atoms. The number of benzene rings is 1. The Morgan fingerprint density at radius 3 is 2.56 bits per heavy atom. The van der Waals surface area contributed by atoms with E-state index in [1.807, 2.05) is 24.7 Å². The number of hydrogen-bond donors (Lipinski definition) is 1. The van der Waals surface area contributed by atoms with Crippen molar-refractivity contribution in [1.29, 1.82) is 0 Å². The van der Waals surface area contributed by atoms with E-state index in [0.717, 1.165) is 28.2 Å². The average Bonchev–Trinajstić information content (AvgIpc) is 2.84. The van der Waals surface area contributed by atoms with Gasteiger partial charge in [-0.15, -0.1) is 0 Å². The zero-order chi connectivity index (χ0) is 12.9. The van der Waals surface area contributed by atoms with Gasteiger partial charge in [-0.05, 0) is 44.0 Å². The molecule has 0 aliphatic rings. The molecule has 4 heteroatoms. The van der Waals surface area contributed by atoms with Gasteiger partial charge in [-0.25, -0.2) is 4.98 Å². The van der Waals surface area contributed by atoms with Gasteiger partial charge in [0.2, 0.25) is 0 Å². The number of hydrogen-bond acceptors (Lipinski definition) is 2. The molecule has 92 valence electrons. The molecule has 0 saturated carbocycles. The lowest BCUT2D eigenvalue weighted by Gasteiger charge is -1.96. The van der Waals surface area contributed by atoms with Crippen molar-refractivity contribution in [2.75, 3.05) is 0 Å². The van der Waals surface area contributed by atoms with Crippen LogP contribution in [0.4, 0.5) is 0 Å². The fraction of sp³-hybridized carbons (Fsp3) is 0.286. The van der Waals surface area contributed by atoms with Crippen molar-refractivity contribution < 1.29 is 0 Å². The van der Waals surface area contributed by atoms with Crippen LogP contribution >= 0.6 is 0 Å². The van der Waals surface area contributed by atoms with E-state index in [-0.39, 0.29) is 0 Å². The summed E-state index contributed by atoms with van der Waals surface area (Å²) in [5.41, 5.74) is 6.55. The Bertz CT molecular complexity index is 714. The lowest BCUT2D eigenvalue weighted by Crippen LogP contribution is -1.92. The minimum Gasteiger partial charge on any atom is -0.337 e. The predicted octanol–water partition coefficient (Wildman–Crippen LogP) is 2.89. The fourth-order valence-corrected chi connectivity index (χ4v) is 2.27. The smallest absolute Gasteiger partial charge is 0.159 e. The summed E-state index contributed by atoms with van der Waals surface area (Å²) in [4.78, 5) is 7.99. The molecule has 18 heavy (non-hydrogen) atoms. The van der Waals surface area contributed by atoms with Crippen molar-refractivity contribution in [2.24, 2.45) is 7.05 Å². The number of fused-ring (bicyclic) bond motifs is 1. The molecule has 0 atom stereocenters. The number of nitrogens with zero attached hydrogens (tertiary/aromatic N) is 3. The van der Waals surface area contributed by atoms with Crippen molar-refractivity contribution in [1.82, 2.24) is 19.7 Å². The van der Waals surface area contributed by atoms with E-state index in [0.29, 0.717) is 0 Å². The highest BCUT2D eigenvalue weighted by Gasteiger charge is 2.11. The van der Waals surface area contributed by atoms with Crippen molar-refractivity contribution >= 4 is 11.0 Å². The first-order valence-corrected chi connectivity index (χ1v) is 6.02. The number of aromatic amines is 1. The summed E-state index contributed by atoms with van der Waals surface area (Å²) in [5.74, 6) is 0.836. The molecule has 1 N–H and O–H groups in total. The van der Waals surface area contributed by atoms with Crippen LogP contribution in [0.3, 0.4) is 0 Å². The molecular weight excluding hydrogens is 224 g/mol. The summed E-state index contributed by atoms with van der Waals surface area (Å²) in [5, 5.41) is 4.45. The zero-order valence-corrected chi connectivity index (χ0v) is 11.1. The minimum absolute atomic E-state index is 0.836. The number of imidazole rings is 1. The maximum Gasteiger partial charge on any atom is 0.159 e. The van der Waals surface area contributed by atoms with Gasteiger partial charge in [-0.3, -0.25) is 4.68 Å². The van der Waals surface area contributed by atoms with E-state index >= 15 is 0 Å². The molecule has 0 fully saturated rings. The number of H-pyrrole nitrogens is 1. The van der Waals surface area contributed by atoms with Crippen LogP contribution in [-0.4, -0.2) is 19.7 Å². The maximum atomic E-state index is 4.65. The van der Waals surface area contributed by atoms with Gasteiger partial charge in [0.15, 0.2) is 5.82 Å². The molecule has 3 aromatic rings. The number of rotatable bonds is 1. The minimum atomic E-state index is 0.836. The van der Waals surface area contributed by atoms with Crippen LogP contribution < -0.4 is 0 Å². The van der Waals surface area contributed by atoms with Crippen molar-refractivity contribution in [2.45, 2.75) is 20.8 Å². The maximum absolute atomic E-state index is 4.65. The van der Waals surface area contributed by atoms with Crippen molar-refractivity contribution in [3.8, 4) is 11.5 Å². The largest absolute Gasteiger partial charge is 0.337 e. The highest BCUT2D eigenvalue weighted by Crippen LogP contribution is 2.23. The molecule has 0 unspecified atom stereocenters. The molecule has 0 aliphatic heterocycles. The van der Waals surface area contributed by atoms with Gasteiger partial charge in [0.05, 0.1) is 11.0 Å². The normalized spacial score (nSPS) is 11.3. The third-order valence-corrected chi connectivity index (χ3v) is 3.28. The molecule has 1 aromatic carbocycles. The summed E-state index contributed by atoms with van der Waals surface area (Å²) in [6.45, 7) is 6.22. The third-order valence-electron chi connectivity index (χ3n) is 3.28. The lowest BCUT2D eigenvalue weighted by molar-refractivity contribution is 0.741. The van der Waals surface area contributed by atoms with Crippen LogP contribution in [0.25, 0.3) is 22.6 Å². The zero-order valence-electron chi connectivity index (χ0n) is 11.1. The first kappa shape index (κ1) is 11.0. The van der Waals surface area contributed by atoms with Crippen LogP contribution in [0.2, 0.25) is 0 Å². The number of aryl methyl sites for hydroxylation is 4. The van der Waals surface area contributed by atoms with E-state index in [2.05, 4.69) is 41.0 Å². The van der Waals surface area contributed by atoms with Crippen LogP contribution in [0, 0.1) is 20.8 Å². The van der Waals surface area contributed by atoms with Gasteiger partial charge < -0.3 is 4.98 Å². The van der Waals surface area contributed by atoms with Gasteiger partial charge in [0, 0.05) is 12.7 Å². The standard InChI is InChI=1S/C14H16N4/c1-8-5-9(2)13-11(6-8)15-14(16-13)12-7-10(3)18(4)17-12/h5-7H,1-4H3,(H,15,16). The first-order chi connectivity index (χ1) is 8.54. The van der Waals surface area contributed by atoms with E-state index in [9.17, 15) is 0 Å². The van der Waals surface area contributed by atoms with E-state index in [4.69, 9.17) is 0 Å². The Morgan fingerprint density at radius 1 is 1.11 bits per heavy atom. The molecule has 0 radical (unpaired) electrons. The molecule has 3 rings (SSSR count). The summed E-state index contributed by atoms with van der Waals surface area (Å²) < 4.78 is 1.86. The summed E-state index contributed by atoms with van der Waals surface area (Å²) in [6, 6.07) is 6.31. The highest BCUT2D eigenvalue weighted by molar-refractivity contribution is 5.82. The van der Waals surface area contributed by atoms with Crippen LogP contribution in [0.5, 0.6) is 0 Å². The van der Waals surface area contributed by atoms with Gasteiger partial charge in [0.1, 0.15) is 5.69 Å². The number of nitrogens with one attached hydrogen (secondary N) is 1. The van der Waals surface area contributed by atoms with Gasteiger partial charge in [0.25, 0.3) is 0 Å². The summed E-state index contributed by atoms with van der Waals surface area (Å²) in [6.07, 6.45) is 0. The second-order valence-electron chi connectivity index (χ2n) is 4.86. The average molecular weight is 240 g/mol. The highest BCUT2D eigenvalue weighted by atomic mass is 15.3.